The van der Waals surface area contributed by atoms with Crippen molar-refractivity contribution in [1.29, 1.82) is 0 Å². The Morgan fingerprint density at radius 3 is 2.50 bits per heavy atom. The van der Waals surface area contributed by atoms with E-state index in [1.54, 1.807) is 13.8 Å². The Bertz CT molecular complexity index is 317. The summed E-state index contributed by atoms with van der Waals surface area (Å²) in [5.41, 5.74) is 7.01. The van der Waals surface area contributed by atoms with Gasteiger partial charge in [0.25, 0.3) is 0 Å². The molecule has 0 aliphatic carbocycles. The van der Waals surface area contributed by atoms with Crippen LogP contribution >= 0.6 is 0 Å². The van der Waals surface area contributed by atoms with Crippen LogP contribution in [0, 0.1) is 13.8 Å². The minimum atomic E-state index is -0.521. The lowest BCUT2D eigenvalue weighted by Crippen LogP contribution is -2.14. The average molecular weight is 169 g/mol. The maximum absolute atomic E-state index is 11.0. The molecule has 0 amide bonds. The summed E-state index contributed by atoms with van der Waals surface area (Å²) in [5, 5.41) is 3.80. The van der Waals surface area contributed by atoms with Crippen LogP contribution in [0.25, 0.3) is 0 Å². The number of methoxy groups -OCH3 is 1. The highest BCUT2D eigenvalue weighted by atomic mass is 16.5. The number of rotatable bonds is 0. The number of ether oxygens (including phenoxy) is 1. The van der Waals surface area contributed by atoms with Crippen molar-refractivity contribution >= 4 is 11.9 Å². The first-order valence-corrected chi connectivity index (χ1v) is 3.48. The first-order chi connectivity index (χ1) is 5.57. The van der Waals surface area contributed by atoms with Gasteiger partial charge in [-0.3, -0.25) is 0 Å². The van der Waals surface area contributed by atoms with Crippen LogP contribution in [0.2, 0.25) is 0 Å². The normalized spacial score (nSPS) is 9.92. The lowest BCUT2D eigenvalue weighted by atomic mass is 10.3. The molecular formula is C7H11N3O2. The van der Waals surface area contributed by atoms with E-state index in [0.717, 1.165) is 10.2 Å². The van der Waals surface area contributed by atoms with E-state index < -0.39 is 6.09 Å². The zero-order valence-corrected chi connectivity index (χ0v) is 7.29. The van der Waals surface area contributed by atoms with Gasteiger partial charge in [0.15, 0.2) is 0 Å². The summed E-state index contributed by atoms with van der Waals surface area (Å²) in [6, 6.07) is 0. The van der Waals surface area contributed by atoms with Crippen molar-refractivity contribution in [3.63, 3.8) is 0 Å². The van der Waals surface area contributed by atoms with Crippen LogP contribution in [0.1, 0.15) is 11.3 Å². The molecule has 1 aromatic heterocycles. The second-order valence-corrected chi connectivity index (χ2v) is 2.48. The largest absolute Gasteiger partial charge is 0.451 e. The third kappa shape index (κ3) is 1.13. The van der Waals surface area contributed by atoms with Gasteiger partial charge in [0, 0.05) is 5.56 Å². The summed E-state index contributed by atoms with van der Waals surface area (Å²) >= 11 is 0. The maximum Gasteiger partial charge on any atom is 0.434 e. The molecule has 5 heteroatoms. The van der Waals surface area contributed by atoms with Gasteiger partial charge in [-0.1, -0.05) is 0 Å². The number of carbonyl (C=O) groups is 1. The number of anilines is 1. The predicted molar refractivity (Wildman–Crippen MR) is 43.9 cm³/mol. The molecular weight excluding hydrogens is 158 g/mol. The molecule has 0 atom stereocenters. The Kier molecular flexibility index (Phi) is 2.03. The Hall–Kier alpha value is -1.52. The van der Waals surface area contributed by atoms with E-state index in [2.05, 4.69) is 9.84 Å². The molecule has 0 radical (unpaired) electrons. The average Bonchev–Trinajstić information content (AvgIpc) is 2.32. The van der Waals surface area contributed by atoms with Crippen LogP contribution in [0.15, 0.2) is 0 Å². The third-order valence-corrected chi connectivity index (χ3v) is 1.80. The van der Waals surface area contributed by atoms with Crippen molar-refractivity contribution < 1.29 is 9.53 Å². The van der Waals surface area contributed by atoms with Crippen LogP contribution in [0.4, 0.5) is 10.6 Å². The summed E-state index contributed by atoms with van der Waals surface area (Å²) in [4.78, 5) is 11.0. The minimum Gasteiger partial charge on any atom is -0.451 e. The fourth-order valence-electron chi connectivity index (χ4n) is 0.866. The minimum absolute atomic E-state index is 0.359. The summed E-state index contributed by atoms with van der Waals surface area (Å²) in [6.45, 7) is 3.56. The topological polar surface area (TPSA) is 70.1 Å². The van der Waals surface area contributed by atoms with Crippen molar-refractivity contribution in [3.05, 3.63) is 11.3 Å². The molecule has 1 aromatic rings. The number of nitrogen functional groups attached to an aromatic ring is 1. The van der Waals surface area contributed by atoms with Crippen LogP contribution < -0.4 is 5.73 Å². The van der Waals surface area contributed by atoms with Gasteiger partial charge in [0.2, 0.25) is 0 Å². The first kappa shape index (κ1) is 8.58. The van der Waals surface area contributed by atoms with E-state index in [9.17, 15) is 4.79 Å². The van der Waals surface area contributed by atoms with E-state index in [-0.39, 0.29) is 0 Å². The van der Waals surface area contributed by atoms with Crippen LogP contribution in [0.3, 0.4) is 0 Å². The molecule has 0 aliphatic heterocycles. The SMILES string of the molecule is COC(=O)n1nc(N)c(C)c1C. The van der Waals surface area contributed by atoms with E-state index in [1.807, 2.05) is 0 Å². The lowest BCUT2D eigenvalue weighted by molar-refractivity contribution is 0.168. The molecule has 12 heavy (non-hydrogen) atoms. The van der Waals surface area contributed by atoms with E-state index in [1.165, 1.54) is 7.11 Å². The van der Waals surface area contributed by atoms with Gasteiger partial charge in [0.05, 0.1) is 12.8 Å². The lowest BCUT2D eigenvalue weighted by Gasteiger charge is -1.99. The highest BCUT2D eigenvalue weighted by Crippen LogP contribution is 2.13. The molecule has 0 bridgehead atoms. The molecule has 0 saturated heterocycles. The zero-order valence-electron chi connectivity index (χ0n) is 7.29. The van der Waals surface area contributed by atoms with Crippen LogP contribution in [0.5, 0.6) is 0 Å². The van der Waals surface area contributed by atoms with Gasteiger partial charge in [0.1, 0.15) is 5.82 Å². The molecule has 0 unspecified atom stereocenters. The summed E-state index contributed by atoms with van der Waals surface area (Å²) in [6.07, 6.45) is -0.521. The van der Waals surface area contributed by atoms with E-state index in [0.29, 0.717) is 11.5 Å². The van der Waals surface area contributed by atoms with Crippen molar-refractivity contribution in [2.24, 2.45) is 0 Å². The van der Waals surface area contributed by atoms with E-state index >= 15 is 0 Å². The smallest absolute Gasteiger partial charge is 0.434 e. The third-order valence-electron chi connectivity index (χ3n) is 1.80. The molecule has 1 rings (SSSR count). The van der Waals surface area contributed by atoms with Gasteiger partial charge in [-0.2, -0.15) is 4.68 Å². The molecule has 1 heterocycles. The monoisotopic (exact) mass is 169 g/mol. The number of nitrogens with two attached hydrogens (primary N) is 1. The highest BCUT2D eigenvalue weighted by Gasteiger charge is 2.13. The number of hydrogen-bond acceptors (Lipinski definition) is 4. The van der Waals surface area contributed by atoms with Gasteiger partial charge < -0.3 is 10.5 Å². The Balaban J connectivity index is 3.17. The van der Waals surface area contributed by atoms with Gasteiger partial charge in [-0.05, 0) is 13.8 Å². The summed E-state index contributed by atoms with van der Waals surface area (Å²) in [7, 11) is 1.30. The molecule has 5 nitrogen and oxygen atoms in total. The second kappa shape index (κ2) is 2.84. The summed E-state index contributed by atoms with van der Waals surface area (Å²) in [5.74, 6) is 0.359. The second-order valence-electron chi connectivity index (χ2n) is 2.48. The van der Waals surface area contributed by atoms with Crippen molar-refractivity contribution in [1.82, 2.24) is 9.78 Å². The molecule has 0 spiro atoms. The van der Waals surface area contributed by atoms with E-state index in [4.69, 9.17) is 5.73 Å². The number of carbonyl (C=O) groups excluding carboxylic acids is 1. The summed E-state index contributed by atoms with van der Waals surface area (Å²) < 4.78 is 5.63. The van der Waals surface area contributed by atoms with Crippen LogP contribution in [-0.2, 0) is 4.74 Å². The van der Waals surface area contributed by atoms with Crippen molar-refractivity contribution in [2.45, 2.75) is 13.8 Å². The molecule has 2 N–H and O–H groups in total. The first-order valence-electron chi connectivity index (χ1n) is 3.48. The fraction of sp³-hybridized carbons (Fsp3) is 0.429. The predicted octanol–water partition coefficient (Wildman–Crippen LogP) is 0.697. The highest BCUT2D eigenvalue weighted by molar-refractivity contribution is 5.71. The number of aromatic nitrogens is 2. The Labute approximate surface area is 70.1 Å². The van der Waals surface area contributed by atoms with Crippen molar-refractivity contribution in [3.8, 4) is 0 Å². The molecule has 0 saturated carbocycles. The van der Waals surface area contributed by atoms with Gasteiger partial charge >= 0.3 is 6.09 Å². The van der Waals surface area contributed by atoms with Crippen LogP contribution in [-0.4, -0.2) is 23.0 Å². The maximum atomic E-state index is 11.0. The quantitative estimate of drug-likeness (QED) is 0.620. The zero-order chi connectivity index (χ0) is 9.30. The van der Waals surface area contributed by atoms with Crippen molar-refractivity contribution in [2.75, 3.05) is 12.8 Å². The standard InChI is InChI=1S/C7H11N3O2/c1-4-5(2)10(7(11)12-3)9-6(4)8/h1-3H3,(H2,8,9). The molecule has 0 aliphatic rings. The molecule has 66 valence electrons. The Morgan fingerprint density at radius 1 is 1.58 bits per heavy atom. The number of hydrogen-bond donors (Lipinski definition) is 1. The molecule has 0 aromatic carbocycles. The Morgan fingerprint density at radius 2 is 2.17 bits per heavy atom. The van der Waals surface area contributed by atoms with Gasteiger partial charge in [-0.15, -0.1) is 5.10 Å². The van der Waals surface area contributed by atoms with Gasteiger partial charge in [-0.25, -0.2) is 4.79 Å². The fourth-order valence-corrected chi connectivity index (χ4v) is 0.866. The number of nitrogens with zero attached hydrogens (tertiary/aromatic N) is 2. The molecule has 0 fully saturated rings.